The second-order valence-electron chi connectivity index (χ2n) is 5.60. The highest BCUT2D eigenvalue weighted by Gasteiger charge is 2.04. The molecule has 1 aromatic heterocycles. The molecule has 0 aliphatic carbocycles. The number of halogens is 2. The highest BCUT2D eigenvalue weighted by molar-refractivity contribution is 14.0. The zero-order chi connectivity index (χ0) is 17.4. The van der Waals surface area contributed by atoms with E-state index in [1.165, 1.54) is 6.07 Å². The molecule has 1 heterocycles. The SMILES string of the molecule is CN=C(NCCCc1cccc(F)c1)NCc1csc(N(C)C)n1.I. The topological polar surface area (TPSA) is 52.6 Å². The molecule has 0 fully saturated rings. The van der Waals surface area contributed by atoms with Crippen LogP contribution in [0.15, 0.2) is 34.6 Å². The van der Waals surface area contributed by atoms with Crippen molar-refractivity contribution in [3.63, 3.8) is 0 Å². The van der Waals surface area contributed by atoms with Crippen LogP contribution in [0.2, 0.25) is 0 Å². The van der Waals surface area contributed by atoms with Gasteiger partial charge >= 0.3 is 0 Å². The largest absolute Gasteiger partial charge is 0.356 e. The van der Waals surface area contributed by atoms with E-state index in [1.54, 1.807) is 30.5 Å². The van der Waals surface area contributed by atoms with E-state index in [1.807, 2.05) is 30.4 Å². The van der Waals surface area contributed by atoms with Gasteiger partial charge in [-0.25, -0.2) is 9.37 Å². The number of nitrogens with zero attached hydrogens (tertiary/aromatic N) is 3. The third-order valence-electron chi connectivity index (χ3n) is 3.41. The van der Waals surface area contributed by atoms with E-state index in [2.05, 4.69) is 20.6 Å². The normalized spacial score (nSPS) is 11.0. The molecule has 0 saturated carbocycles. The maximum absolute atomic E-state index is 13.1. The van der Waals surface area contributed by atoms with E-state index in [0.717, 1.165) is 41.7 Å². The molecule has 25 heavy (non-hydrogen) atoms. The van der Waals surface area contributed by atoms with Gasteiger partial charge in [0.05, 0.1) is 12.2 Å². The Labute approximate surface area is 169 Å². The summed E-state index contributed by atoms with van der Waals surface area (Å²) in [6.07, 6.45) is 1.74. The molecule has 0 spiro atoms. The van der Waals surface area contributed by atoms with Gasteiger partial charge in [0.25, 0.3) is 0 Å². The average molecular weight is 477 g/mol. The Balaban J connectivity index is 0.00000312. The summed E-state index contributed by atoms with van der Waals surface area (Å²) < 4.78 is 13.1. The molecule has 8 heteroatoms. The van der Waals surface area contributed by atoms with E-state index >= 15 is 0 Å². The molecular weight excluding hydrogens is 452 g/mol. The molecule has 138 valence electrons. The minimum Gasteiger partial charge on any atom is -0.356 e. The number of guanidine groups is 1. The van der Waals surface area contributed by atoms with Crippen LogP contribution in [-0.2, 0) is 13.0 Å². The van der Waals surface area contributed by atoms with Crippen LogP contribution in [0.1, 0.15) is 17.7 Å². The Morgan fingerprint density at radius 3 is 2.76 bits per heavy atom. The zero-order valence-corrected chi connectivity index (χ0v) is 17.9. The van der Waals surface area contributed by atoms with Crippen molar-refractivity contribution >= 4 is 46.4 Å². The molecule has 0 aliphatic heterocycles. The third-order valence-corrected chi connectivity index (χ3v) is 4.46. The van der Waals surface area contributed by atoms with Crippen LogP contribution in [0.25, 0.3) is 0 Å². The molecule has 1 aromatic carbocycles. The first-order chi connectivity index (χ1) is 11.6. The fraction of sp³-hybridized carbons (Fsp3) is 0.412. The Morgan fingerprint density at radius 2 is 2.12 bits per heavy atom. The van der Waals surface area contributed by atoms with Gasteiger partial charge in [-0.3, -0.25) is 4.99 Å². The molecular formula is C17H25FIN5S. The predicted molar refractivity (Wildman–Crippen MR) is 115 cm³/mol. The van der Waals surface area contributed by atoms with Crippen molar-refractivity contribution in [2.24, 2.45) is 4.99 Å². The number of rotatable bonds is 7. The highest BCUT2D eigenvalue weighted by atomic mass is 127. The summed E-state index contributed by atoms with van der Waals surface area (Å²) in [5, 5.41) is 9.55. The van der Waals surface area contributed by atoms with Crippen LogP contribution in [-0.4, -0.2) is 38.6 Å². The summed E-state index contributed by atoms with van der Waals surface area (Å²) >= 11 is 1.62. The summed E-state index contributed by atoms with van der Waals surface area (Å²) in [4.78, 5) is 10.7. The van der Waals surface area contributed by atoms with Crippen molar-refractivity contribution in [3.05, 3.63) is 46.7 Å². The van der Waals surface area contributed by atoms with Crippen LogP contribution >= 0.6 is 35.3 Å². The minimum atomic E-state index is -0.182. The summed E-state index contributed by atoms with van der Waals surface area (Å²) in [6.45, 7) is 1.41. The molecule has 2 aromatic rings. The number of aryl methyl sites for hydroxylation is 1. The van der Waals surface area contributed by atoms with Gasteiger partial charge in [-0.15, -0.1) is 35.3 Å². The molecule has 0 saturated heterocycles. The molecule has 5 nitrogen and oxygen atoms in total. The minimum absolute atomic E-state index is 0. The van der Waals surface area contributed by atoms with Crippen LogP contribution in [0.4, 0.5) is 9.52 Å². The van der Waals surface area contributed by atoms with Gasteiger partial charge in [0.15, 0.2) is 11.1 Å². The molecule has 0 atom stereocenters. The van der Waals surface area contributed by atoms with Gasteiger partial charge < -0.3 is 15.5 Å². The highest BCUT2D eigenvalue weighted by Crippen LogP contribution is 2.17. The summed E-state index contributed by atoms with van der Waals surface area (Å²) in [5.74, 6) is 0.562. The quantitative estimate of drug-likeness (QED) is 0.278. The number of hydrogen-bond donors (Lipinski definition) is 2. The van der Waals surface area contributed by atoms with Crippen LogP contribution in [0.5, 0.6) is 0 Å². The lowest BCUT2D eigenvalue weighted by atomic mass is 10.1. The summed E-state index contributed by atoms with van der Waals surface area (Å²) in [5.41, 5.74) is 2.00. The van der Waals surface area contributed by atoms with Crippen molar-refractivity contribution in [2.45, 2.75) is 19.4 Å². The maximum Gasteiger partial charge on any atom is 0.191 e. The zero-order valence-electron chi connectivity index (χ0n) is 14.8. The third kappa shape index (κ3) is 7.55. The Hall–Kier alpha value is -1.42. The second-order valence-corrected chi connectivity index (χ2v) is 6.44. The van der Waals surface area contributed by atoms with Crippen molar-refractivity contribution in [3.8, 4) is 0 Å². The number of anilines is 1. The van der Waals surface area contributed by atoms with Crippen molar-refractivity contribution in [1.82, 2.24) is 15.6 Å². The first-order valence-electron chi connectivity index (χ1n) is 7.89. The maximum atomic E-state index is 13.1. The smallest absolute Gasteiger partial charge is 0.191 e. The monoisotopic (exact) mass is 477 g/mol. The lowest BCUT2D eigenvalue weighted by molar-refractivity contribution is 0.624. The number of nitrogens with one attached hydrogen (secondary N) is 2. The number of benzene rings is 1. The molecule has 0 unspecified atom stereocenters. The standard InChI is InChI=1S/C17H24FN5S.HI/c1-19-16(21-11-15-12-24-17(22-15)23(2)3)20-9-5-7-13-6-4-8-14(18)10-13;/h4,6,8,10,12H,5,7,9,11H2,1-3H3,(H2,19,20,21);1H. The molecule has 2 N–H and O–H groups in total. The summed E-state index contributed by atoms with van der Waals surface area (Å²) in [7, 11) is 5.71. The van der Waals surface area contributed by atoms with Gasteiger partial charge in [-0.1, -0.05) is 12.1 Å². The predicted octanol–water partition coefficient (Wildman–Crippen LogP) is 3.26. The van der Waals surface area contributed by atoms with E-state index in [-0.39, 0.29) is 29.8 Å². The van der Waals surface area contributed by atoms with E-state index < -0.39 is 0 Å². The lowest BCUT2D eigenvalue weighted by Gasteiger charge is -2.11. The number of aromatic nitrogens is 1. The van der Waals surface area contributed by atoms with Gasteiger partial charge in [-0.05, 0) is 30.5 Å². The van der Waals surface area contributed by atoms with Gasteiger partial charge in [-0.2, -0.15) is 0 Å². The lowest BCUT2D eigenvalue weighted by Crippen LogP contribution is -2.37. The Bertz CT molecular complexity index is 675. The number of hydrogen-bond acceptors (Lipinski definition) is 4. The van der Waals surface area contributed by atoms with Gasteiger partial charge in [0.1, 0.15) is 5.82 Å². The number of thiazole rings is 1. The number of aliphatic imine (C=N–C) groups is 1. The molecule has 2 rings (SSSR count). The van der Waals surface area contributed by atoms with Gasteiger partial charge in [0, 0.05) is 33.1 Å². The van der Waals surface area contributed by atoms with E-state index in [4.69, 9.17) is 0 Å². The fourth-order valence-electron chi connectivity index (χ4n) is 2.17. The average Bonchev–Trinajstić information content (AvgIpc) is 3.03. The molecule has 0 aliphatic rings. The van der Waals surface area contributed by atoms with Crippen molar-refractivity contribution in [1.29, 1.82) is 0 Å². The summed E-state index contributed by atoms with van der Waals surface area (Å²) in [6, 6.07) is 6.74. The van der Waals surface area contributed by atoms with Crippen LogP contribution < -0.4 is 15.5 Å². The van der Waals surface area contributed by atoms with Crippen LogP contribution in [0, 0.1) is 5.82 Å². The van der Waals surface area contributed by atoms with E-state index in [9.17, 15) is 4.39 Å². The first-order valence-corrected chi connectivity index (χ1v) is 8.77. The Morgan fingerprint density at radius 1 is 1.32 bits per heavy atom. The second kappa shape index (κ2) is 11.2. The molecule has 0 bridgehead atoms. The molecule has 0 amide bonds. The molecule has 0 radical (unpaired) electrons. The van der Waals surface area contributed by atoms with Gasteiger partial charge in [0.2, 0.25) is 0 Å². The first kappa shape index (κ1) is 21.6. The fourth-order valence-corrected chi connectivity index (χ4v) is 2.93. The Kier molecular flexibility index (Phi) is 9.73. The van der Waals surface area contributed by atoms with Crippen molar-refractivity contribution < 1.29 is 4.39 Å². The van der Waals surface area contributed by atoms with E-state index in [0.29, 0.717) is 6.54 Å². The van der Waals surface area contributed by atoms with Crippen molar-refractivity contribution in [2.75, 3.05) is 32.6 Å². The van der Waals surface area contributed by atoms with Crippen LogP contribution in [0.3, 0.4) is 0 Å².